The van der Waals surface area contributed by atoms with Crippen LogP contribution in [0.1, 0.15) is 30.3 Å². The largest absolute Gasteiger partial charge is 0.350 e. The van der Waals surface area contributed by atoms with Crippen LogP contribution in [0.5, 0.6) is 0 Å². The number of nitrogens with zero attached hydrogens (tertiary/aromatic N) is 2. The van der Waals surface area contributed by atoms with Gasteiger partial charge in [-0.05, 0) is 24.8 Å². The number of carbonyl (C=O) groups is 1. The van der Waals surface area contributed by atoms with E-state index in [1.54, 1.807) is 0 Å². The van der Waals surface area contributed by atoms with E-state index in [2.05, 4.69) is 10.4 Å². The van der Waals surface area contributed by atoms with Crippen molar-refractivity contribution >= 4 is 15.7 Å². The maximum Gasteiger partial charge on any atom is 0.271 e. The van der Waals surface area contributed by atoms with Crippen molar-refractivity contribution in [3.63, 3.8) is 0 Å². The maximum atomic E-state index is 12.0. The van der Waals surface area contributed by atoms with E-state index in [1.807, 2.05) is 6.92 Å². The van der Waals surface area contributed by atoms with Crippen LogP contribution in [0, 0.1) is 5.92 Å². The number of aryl methyl sites for hydroxylation is 1. The highest BCUT2D eigenvalue weighted by Crippen LogP contribution is 2.17. The first-order valence-corrected chi connectivity index (χ1v) is 8.80. The van der Waals surface area contributed by atoms with Gasteiger partial charge >= 0.3 is 0 Å². The van der Waals surface area contributed by atoms with Crippen molar-refractivity contribution in [2.24, 2.45) is 5.92 Å². The van der Waals surface area contributed by atoms with Crippen molar-refractivity contribution < 1.29 is 13.2 Å². The van der Waals surface area contributed by atoms with Gasteiger partial charge in [0.25, 0.3) is 11.5 Å². The van der Waals surface area contributed by atoms with Crippen LogP contribution < -0.4 is 10.9 Å². The molecule has 1 N–H and O–H groups in total. The van der Waals surface area contributed by atoms with Gasteiger partial charge < -0.3 is 5.32 Å². The summed E-state index contributed by atoms with van der Waals surface area (Å²) in [4.78, 5) is 23.5. The molecule has 0 aromatic carbocycles. The minimum Gasteiger partial charge on any atom is -0.350 e. The van der Waals surface area contributed by atoms with Gasteiger partial charge in [-0.2, -0.15) is 5.10 Å². The molecule has 2 rings (SSSR count). The highest BCUT2D eigenvalue weighted by molar-refractivity contribution is 7.91. The summed E-state index contributed by atoms with van der Waals surface area (Å²) < 4.78 is 24.0. The van der Waals surface area contributed by atoms with Crippen LogP contribution in [-0.2, 0) is 16.4 Å². The molecule has 0 bridgehead atoms. The fourth-order valence-electron chi connectivity index (χ4n) is 2.30. The Labute approximate surface area is 123 Å². The number of amides is 1. The van der Waals surface area contributed by atoms with Gasteiger partial charge in [-0.3, -0.25) is 9.59 Å². The van der Waals surface area contributed by atoms with Gasteiger partial charge in [0.05, 0.1) is 11.5 Å². The van der Waals surface area contributed by atoms with E-state index in [1.165, 1.54) is 16.8 Å². The molecule has 2 heterocycles. The molecule has 7 nitrogen and oxygen atoms in total. The number of aromatic nitrogens is 2. The Hall–Kier alpha value is -1.70. The minimum absolute atomic E-state index is 0.0412. The summed E-state index contributed by atoms with van der Waals surface area (Å²) >= 11 is 0. The molecule has 1 aromatic heterocycles. The van der Waals surface area contributed by atoms with Gasteiger partial charge in [-0.15, -0.1) is 0 Å². The minimum atomic E-state index is -2.94. The van der Waals surface area contributed by atoms with E-state index >= 15 is 0 Å². The monoisotopic (exact) mass is 313 g/mol. The lowest BCUT2D eigenvalue weighted by Gasteiger charge is -2.10. The van der Waals surface area contributed by atoms with E-state index < -0.39 is 9.84 Å². The normalized spacial score (nSPS) is 20.3. The molecule has 1 saturated heterocycles. The van der Waals surface area contributed by atoms with Gasteiger partial charge in [-0.25, -0.2) is 13.1 Å². The lowest BCUT2D eigenvalue weighted by atomic mass is 10.1. The van der Waals surface area contributed by atoms with Crippen LogP contribution in [0.2, 0.25) is 0 Å². The standard InChI is InChI=1S/C13H19N3O4S/c1-2-6-16-12(17)4-3-11(15-16)13(18)14-8-10-5-7-21(19,20)9-10/h3-4,10H,2,5-9H2,1H3,(H,14,18)/t10-/m1/s1. The second-order valence-electron chi connectivity index (χ2n) is 5.26. The van der Waals surface area contributed by atoms with Gasteiger partial charge in [0, 0.05) is 19.2 Å². The first-order valence-electron chi connectivity index (χ1n) is 6.98. The first-order chi connectivity index (χ1) is 9.91. The van der Waals surface area contributed by atoms with Gasteiger partial charge in [-0.1, -0.05) is 6.92 Å². The van der Waals surface area contributed by atoms with Crippen LogP contribution in [0.15, 0.2) is 16.9 Å². The molecule has 1 aromatic rings. The fraction of sp³-hybridized carbons (Fsp3) is 0.615. The number of hydrogen-bond donors (Lipinski definition) is 1. The van der Waals surface area contributed by atoms with Gasteiger partial charge in [0.1, 0.15) is 5.69 Å². The summed E-state index contributed by atoms with van der Waals surface area (Å²) in [5.74, 6) is -0.118. The zero-order chi connectivity index (χ0) is 15.5. The Morgan fingerprint density at radius 3 is 2.86 bits per heavy atom. The molecule has 0 radical (unpaired) electrons. The van der Waals surface area contributed by atoms with Crippen LogP contribution in [0.3, 0.4) is 0 Å². The molecule has 21 heavy (non-hydrogen) atoms. The SMILES string of the molecule is CCCn1nc(C(=O)NC[C@H]2CCS(=O)(=O)C2)ccc1=O. The van der Waals surface area contributed by atoms with Crippen LogP contribution >= 0.6 is 0 Å². The Balaban J connectivity index is 1.97. The lowest BCUT2D eigenvalue weighted by Crippen LogP contribution is -2.32. The van der Waals surface area contributed by atoms with Crippen molar-refractivity contribution in [2.75, 3.05) is 18.1 Å². The number of carbonyl (C=O) groups excluding carboxylic acids is 1. The molecule has 0 aliphatic carbocycles. The van der Waals surface area contributed by atoms with E-state index in [9.17, 15) is 18.0 Å². The third-order valence-electron chi connectivity index (χ3n) is 3.41. The van der Waals surface area contributed by atoms with Crippen molar-refractivity contribution in [1.29, 1.82) is 0 Å². The van der Waals surface area contributed by atoms with Crippen molar-refractivity contribution in [1.82, 2.24) is 15.1 Å². The van der Waals surface area contributed by atoms with Crippen molar-refractivity contribution in [3.05, 3.63) is 28.2 Å². The molecular weight excluding hydrogens is 294 g/mol. The summed E-state index contributed by atoms with van der Waals surface area (Å²) in [6, 6.07) is 2.70. The Bertz CT molecular complexity index is 681. The molecule has 0 saturated carbocycles. The third kappa shape index (κ3) is 4.13. The Morgan fingerprint density at radius 1 is 1.48 bits per heavy atom. The number of rotatable bonds is 5. The average molecular weight is 313 g/mol. The zero-order valence-corrected chi connectivity index (χ0v) is 12.7. The highest BCUT2D eigenvalue weighted by atomic mass is 32.2. The van der Waals surface area contributed by atoms with E-state index in [0.29, 0.717) is 19.5 Å². The Morgan fingerprint density at radius 2 is 2.24 bits per heavy atom. The van der Waals surface area contributed by atoms with Crippen LogP contribution in [-0.4, -0.2) is 42.2 Å². The first kappa shape index (κ1) is 15.7. The average Bonchev–Trinajstić information content (AvgIpc) is 2.78. The predicted octanol–water partition coefficient (Wildman–Crippen LogP) is -0.182. The summed E-state index contributed by atoms with van der Waals surface area (Å²) in [7, 11) is -2.94. The van der Waals surface area contributed by atoms with Gasteiger partial charge in [0.2, 0.25) is 0 Å². The summed E-state index contributed by atoms with van der Waals surface area (Å²) in [6.45, 7) is 2.69. The Kier molecular flexibility index (Phi) is 4.76. The third-order valence-corrected chi connectivity index (χ3v) is 5.25. The predicted molar refractivity (Wildman–Crippen MR) is 77.9 cm³/mol. The van der Waals surface area contributed by atoms with Gasteiger partial charge in [0.15, 0.2) is 9.84 Å². The second-order valence-corrected chi connectivity index (χ2v) is 7.49. The second kappa shape index (κ2) is 6.38. The molecule has 1 aliphatic rings. The molecule has 1 fully saturated rings. The molecule has 8 heteroatoms. The molecule has 0 unspecified atom stereocenters. The fourth-order valence-corrected chi connectivity index (χ4v) is 4.16. The van der Waals surface area contributed by atoms with E-state index in [4.69, 9.17) is 0 Å². The van der Waals surface area contributed by atoms with Crippen molar-refractivity contribution in [3.8, 4) is 0 Å². The molecular formula is C13H19N3O4S. The van der Waals surface area contributed by atoms with E-state index in [0.717, 1.165) is 6.42 Å². The maximum absolute atomic E-state index is 12.0. The van der Waals surface area contributed by atoms with Crippen LogP contribution in [0.25, 0.3) is 0 Å². The van der Waals surface area contributed by atoms with E-state index in [-0.39, 0.29) is 34.6 Å². The quantitative estimate of drug-likeness (QED) is 0.813. The number of nitrogens with one attached hydrogen (secondary N) is 1. The highest BCUT2D eigenvalue weighted by Gasteiger charge is 2.28. The molecule has 1 atom stereocenters. The number of hydrogen-bond acceptors (Lipinski definition) is 5. The molecule has 116 valence electrons. The molecule has 1 aliphatic heterocycles. The lowest BCUT2D eigenvalue weighted by molar-refractivity contribution is 0.0940. The van der Waals surface area contributed by atoms with Crippen molar-refractivity contribution in [2.45, 2.75) is 26.3 Å². The molecule has 0 spiro atoms. The van der Waals surface area contributed by atoms with Crippen LogP contribution in [0.4, 0.5) is 0 Å². The summed E-state index contributed by atoms with van der Waals surface area (Å²) in [5, 5.41) is 6.70. The zero-order valence-electron chi connectivity index (χ0n) is 11.9. The topological polar surface area (TPSA) is 98.1 Å². The summed E-state index contributed by atoms with van der Waals surface area (Å²) in [5.41, 5.74) is -0.0702. The smallest absolute Gasteiger partial charge is 0.271 e. The molecule has 1 amide bonds. The number of sulfone groups is 1. The summed E-state index contributed by atoms with van der Waals surface area (Å²) in [6.07, 6.45) is 1.32.